The second-order valence-electron chi connectivity index (χ2n) is 1.70. The average molecular weight is 180 g/mol. The van der Waals surface area contributed by atoms with Crippen molar-refractivity contribution in [1.29, 1.82) is 0 Å². The molecule has 0 fully saturated rings. The molecule has 10 heavy (non-hydrogen) atoms. The van der Waals surface area contributed by atoms with Gasteiger partial charge in [0.1, 0.15) is 5.75 Å². The highest BCUT2D eigenvalue weighted by atomic mass is 35.5. The van der Waals surface area contributed by atoms with Crippen molar-refractivity contribution in [3.63, 3.8) is 0 Å². The lowest BCUT2D eigenvalue weighted by Gasteiger charge is -1.95. The predicted molar refractivity (Wildman–Crippen MR) is 44.8 cm³/mol. The number of phenols is 1. The van der Waals surface area contributed by atoms with Gasteiger partial charge in [0, 0.05) is 11.1 Å². The molecule has 0 spiro atoms. The van der Waals surface area contributed by atoms with Crippen LogP contribution < -0.4 is 5.73 Å². The van der Waals surface area contributed by atoms with E-state index < -0.39 is 0 Å². The zero-order valence-electron chi connectivity index (χ0n) is 5.04. The number of benzene rings is 1. The van der Waals surface area contributed by atoms with Gasteiger partial charge in [-0.2, -0.15) is 0 Å². The van der Waals surface area contributed by atoms with Gasteiger partial charge in [-0.15, -0.1) is 12.4 Å². The summed E-state index contributed by atoms with van der Waals surface area (Å²) < 4.78 is 0. The Bertz CT molecular complexity index is 227. The first kappa shape index (κ1) is 9.40. The van der Waals surface area contributed by atoms with Crippen molar-refractivity contribution in [1.82, 2.24) is 0 Å². The van der Waals surface area contributed by atoms with Gasteiger partial charge in [-0.05, 0) is 12.1 Å². The van der Waals surface area contributed by atoms with Crippen LogP contribution in [-0.4, -0.2) is 5.11 Å². The fourth-order valence-corrected chi connectivity index (χ4v) is 0.683. The molecule has 1 aromatic carbocycles. The molecule has 3 N–H and O–H groups in total. The molecule has 0 aliphatic heterocycles. The molecule has 0 aliphatic rings. The Kier molecular flexibility index (Phi) is 3.33. The third kappa shape index (κ3) is 1.97. The van der Waals surface area contributed by atoms with Crippen molar-refractivity contribution in [3.05, 3.63) is 23.2 Å². The normalized spacial score (nSPS) is 8.50. The number of hydrogen-bond donors (Lipinski definition) is 2. The molecule has 1 aromatic rings. The third-order valence-electron chi connectivity index (χ3n) is 0.992. The Morgan fingerprint density at radius 2 is 2.00 bits per heavy atom. The fourth-order valence-electron chi connectivity index (χ4n) is 0.517. The van der Waals surface area contributed by atoms with Gasteiger partial charge >= 0.3 is 0 Å². The van der Waals surface area contributed by atoms with Gasteiger partial charge in [-0.25, -0.2) is 0 Å². The van der Waals surface area contributed by atoms with Crippen molar-refractivity contribution < 1.29 is 5.11 Å². The highest BCUT2D eigenvalue weighted by molar-refractivity contribution is 6.30. The highest BCUT2D eigenvalue weighted by Gasteiger charge is 1.94. The van der Waals surface area contributed by atoms with Crippen LogP contribution in [0.25, 0.3) is 0 Å². The molecular formula is C6H7Cl2NO. The number of rotatable bonds is 0. The Morgan fingerprint density at radius 3 is 2.40 bits per heavy atom. The molecule has 0 amide bonds. The number of nitrogen functional groups attached to an aromatic ring is 1. The Morgan fingerprint density at radius 1 is 1.40 bits per heavy atom. The zero-order valence-corrected chi connectivity index (χ0v) is 6.62. The monoisotopic (exact) mass is 179 g/mol. The molecule has 0 saturated carbocycles. The molecule has 0 saturated heterocycles. The molecule has 0 bridgehead atoms. The molecular weight excluding hydrogens is 173 g/mol. The quantitative estimate of drug-likeness (QED) is 0.474. The summed E-state index contributed by atoms with van der Waals surface area (Å²) in [7, 11) is 0. The van der Waals surface area contributed by atoms with Crippen LogP contribution in [0, 0.1) is 0 Å². The van der Waals surface area contributed by atoms with Crippen molar-refractivity contribution in [3.8, 4) is 5.75 Å². The van der Waals surface area contributed by atoms with E-state index in [1.54, 1.807) is 12.1 Å². The maximum Gasteiger partial charge on any atom is 0.139 e. The van der Waals surface area contributed by atoms with E-state index in [9.17, 15) is 0 Å². The van der Waals surface area contributed by atoms with Crippen LogP contribution in [0.4, 0.5) is 5.69 Å². The number of nitrogens with two attached hydrogens (primary N) is 1. The minimum Gasteiger partial charge on any atom is -0.506 e. The fraction of sp³-hybridized carbons (Fsp3) is 0. The van der Waals surface area contributed by atoms with Crippen molar-refractivity contribution in [2.45, 2.75) is 0 Å². The number of hydrogen-bond acceptors (Lipinski definition) is 2. The van der Waals surface area contributed by atoms with E-state index in [0.717, 1.165) is 0 Å². The standard InChI is InChI=1S/C6H6ClNO.ClH/c7-4-1-2-5(8)6(9)3-4;/h1-3,9H,8H2;1H. The lowest BCUT2D eigenvalue weighted by molar-refractivity contribution is 0.478. The van der Waals surface area contributed by atoms with Crippen LogP contribution >= 0.6 is 24.0 Å². The lowest BCUT2D eigenvalue weighted by atomic mass is 10.3. The van der Waals surface area contributed by atoms with Crippen molar-refractivity contribution in [2.24, 2.45) is 0 Å². The Balaban J connectivity index is 0.000000810. The minimum atomic E-state index is 0. The maximum absolute atomic E-state index is 8.89. The second kappa shape index (κ2) is 3.54. The summed E-state index contributed by atoms with van der Waals surface area (Å²) in [6.45, 7) is 0. The lowest BCUT2D eigenvalue weighted by Crippen LogP contribution is -1.83. The first-order valence-corrected chi connectivity index (χ1v) is 2.82. The van der Waals surface area contributed by atoms with Gasteiger partial charge < -0.3 is 10.8 Å². The number of phenolic OH excluding ortho intramolecular Hbond substituents is 1. The van der Waals surface area contributed by atoms with E-state index in [0.29, 0.717) is 10.7 Å². The minimum absolute atomic E-state index is 0. The van der Waals surface area contributed by atoms with Crippen molar-refractivity contribution >= 4 is 29.7 Å². The summed E-state index contributed by atoms with van der Waals surface area (Å²) in [6.07, 6.45) is 0. The van der Waals surface area contributed by atoms with Gasteiger partial charge in [-0.3, -0.25) is 0 Å². The molecule has 0 heterocycles. The summed E-state index contributed by atoms with van der Waals surface area (Å²) in [5, 5.41) is 9.38. The van der Waals surface area contributed by atoms with Crippen LogP contribution in [0.15, 0.2) is 18.2 Å². The zero-order chi connectivity index (χ0) is 6.85. The number of aromatic hydroxyl groups is 1. The predicted octanol–water partition coefficient (Wildman–Crippen LogP) is 2.05. The van der Waals surface area contributed by atoms with Crippen LogP contribution in [0.2, 0.25) is 5.02 Å². The van der Waals surface area contributed by atoms with Crippen LogP contribution in [0.1, 0.15) is 0 Å². The van der Waals surface area contributed by atoms with Gasteiger partial charge in [-0.1, -0.05) is 11.6 Å². The maximum atomic E-state index is 8.89. The summed E-state index contributed by atoms with van der Waals surface area (Å²) >= 11 is 5.50. The molecule has 0 aromatic heterocycles. The topological polar surface area (TPSA) is 46.2 Å². The summed E-state index contributed by atoms with van der Waals surface area (Å²) in [5.41, 5.74) is 5.63. The molecule has 0 radical (unpaired) electrons. The van der Waals surface area contributed by atoms with Gasteiger partial charge in [0.15, 0.2) is 0 Å². The van der Waals surface area contributed by atoms with Crippen LogP contribution in [-0.2, 0) is 0 Å². The van der Waals surface area contributed by atoms with Crippen LogP contribution in [0.3, 0.4) is 0 Å². The number of anilines is 1. The largest absolute Gasteiger partial charge is 0.506 e. The van der Waals surface area contributed by atoms with E-state index in [1.165, 1.54) is 6.07 Å². The second-order valence-corrected chi connectivity index (χ2v) is 2.14. The van der Waals surface area contributed by atoms with Gasteiger partial charge in [0.2, 0.25) is 0 Å². The van der Waals surface area contributed by atoms with E-state index in [2.05, 4.69) is 0 Å². The number of halogens is 2. The summed E-state index contributed by atoms with van der Waals surface area (Å²) in [6, 6.07) is 4.57. The van der Waals surface area contributed by atoms with Crippen molar-refractivity contribution in [2.75, 3.05) is 5.73 Å². The summed E-state index contributed by atoms with van der Waals surface area (Å²) in [5.74, 6) is 0.0301. The summed E-state index contributed by atoms with van der Waals surface area (Å²) in [4.78, 5) is 0. The Hall–Kier alpha value is -0.600. The first-order valence-electron chi connectivity index (χ1n) is 2.44. The molecule has 1 rings (SSSR count). The van der Waals surface area contributed by atoms with E-state index >= 15 is 0 Å². The molecule has 4 heteroatoms. The molecule has 0 atom stereocenters. The highest BCUT2D eigenvalue weighted by Crippen LogP contribution is 2.22. The van der Waals surface area contributed by atoms with Crippen LogP contribution in [0.5, 0.6) is 5.75 Å². The third-order valence-corrected chi connectivity index (χ3v) is 1.23. The molecule has 0 unspecified atom stereocenters. The SMILES string of the molecule is Cl.Nc1ccc(Cl)cc1O. The van der Waals surface area contributed by atoms with E-state index in [1.807, 2.05) is 0 Å². The average Bonchev–Trinajstić information content (AvgIpc) is 1.80. The van der Waals surface area contributed by atoms with Gasteiger partial charge in [0.05, 0.1) is 5.69 Å². The molecule has 0 aliphatic carbocycles. The Labute approximate surface area is 70.0 Å². The van der Waals surface area contributed by atoms with E-state index in [-0.39, 0.29) is 18.2 Å². The molecule has 56 valence electrons. The van der Waals surface area contributed by atoms with E-state index in [4.69, 9.17) is 22.4 Å². The smallest absolute Gasteiger partial charge is 0.139 e. The van der Waals surface area contributed by atoms with Gasteiger partial charge in [0.25, 0.3) is 0 Å². The first-order chi connectivity index (χ1) is 4.20. The molecule has 2 nitrogen and oxygen atoms in total.